The number of aromatic nitrogens is 2. The second-order valence-corrected chi connectivity index (χ2v) is 5.88. The number of methoxy groups -OCH3 is 2. The van der Waals surface area contributed by atoms with Crippen molar-refractivity contribution in [3.05, 3.63) is 59.9 Å². The Morgan fingerprint density at radius 1 is 0.929 bits per heavy atom. The minimum atomic E-state index is -0.968. The number of hydrogen-bond acceptors (Lipinski definition) is 7. The number of carboxylic acid groups (broad SMARTS) is 1. The molecule has 0 fully saturated rings. The Morgan fingerprint density at radius 2 is 1.61 bits per heavy atom. The van der Waals surface area contributed by atoms with Crippen molar-refractivity contribution in [3.8, 4) is 11.5 Å². The Bertz CT molecular complexity index is 990. The van der Waals surface area contributed by atoms with Gasteiger partial charge in [0.2, 0.25) is 0 Å². The highest BCUT2D eigenvalue weighted by Gasteiger charge is 2.09. The fourth-order valence-corrected chi connectivity index (χ4v) is 2.58. The molecule has 0 saturated carbocycles. The molecule has 0 aliphatic heterocycles. The van der Waals surface area contributed by atoms with Gasteiger partial charge in [-0.25, -0.2) is 14.8 Å². The molecule has 0 saturated heterocycles. The maximum Gasteiger partial charge on any atom is 0.335 e. The molecule has 0 aliphatic carbocycles. The second kappa shape index (κ2) is 8.26. The summed E-state index contributed by atoms with van der Waals surface area (Å²) in [6.45, 7) is 1.79. The summed E-state index contributed by atoms with van der Waals surface area (Å²) in [6, 6.07) is 13.6. The molecular formula is C20H20N4O4. The van der Waals surface area contributed by atoms with Gasteiger partial charge in [-0.2, -0.15) is 0 Å². The van der Waals surface area contributed by atoms with E-state index >= 15 is 0 Å². The summed E-state index contributed by atoms with van der Waals surface area (Å²) < 4.78 is 10.6. The summed E-state index contributed by atoms with van der Waals surface area (Å²) in [5.74, 6) is 2.07. The van der Waals surface area contributed by atoms with Gasteiger partial charge in [0.25, 0.3) is 0 Å². The Balaban J connectivity index is 1.82. The van der Waals surface area contributed by atoms with Gasteiger partial charge in [0, 0.05) is 17.8 Å². The van der Waals surface area contributed by atoms with Crippen molar-refractivity contribution in [2.45, 2.75) is 6.92 Å². The molecule has 0 bridgehead atoms. The average Bonchev–Trinajstić information content (AvgIpc) is 2.68. The summed E-state index contributed by atoms with van der Waals surface area (Å²) in [4.78, 5) is 19.7. The smallest absolute Gasteiger partial charge is 0.335 e. The molecule has 8 heteroatoms. The number of benzene rings is 2. The SMILES string of the molecule is COc1ccc(Nc2cc(Nc3ccc(C(=O)O)cc3)nc(C)n2)c(OC)c1. The molecule has 28 heavy (non-hydrogen) atoms. The third-order valence-corrected chi connectivity index (χ3v) is 3.91. The van der Waals surface area contributed by atoms with E-state index in [1.807, 2.05) is 12.1 Å². The Kier molecular flexibility index (Phi) is 5.59. The lowest BCUT2D eigenvalue weighted by Gasteiger charge is -2.13. The number of rotatable bonds is 7. The quantitative estimate of drug-likeness (QED) is 0.565. The highest BCUT2D eigenvalue weighted by atomic mass is 16.5. The van der Waals surface area contributed by atoms with E-state index in [2.05, 4.69) is 20.6 Å². The highest BCUT2D eigenvalue weighted by molar-refractivity contribution is 5.88. The van der Waals surface area contributed by atoms with Crippen LogP contribution in [0.5, 0.6) is 11.5 Å². The summed E-state index contributed by atoms with van der Waals surface area (Å²) in [6.07, 6.45) is 0. The van der Waals surface area contributed by atoms with Gasteiger partial charge in [0.15, 0.2) is 0 Å². The largest absolute Gasteiger partial charge is 0.497 e. The zero-order valence-electron chi connectivity index (χ0n) is 15.7. The number of nitrogens with zero attached hydrogens (tertiary/aromatic N) is 2. The normalized spacial score (nSPS) is 10.2. The molecule has 0 atom stereocenters. The van der Waals surface area contributed by atoms with Crippen LogP contribution in [0.15, 0.2) is 48.5 Å². The molecule has 3 rings (SSSR count). The summed E-state index contributed by atoms with van der Waals surface area (Å²) in [5.41, 5.74) is 1.67. The topological polar surface area (TPSA) is 106 Å². The first-order chi connectivity index (χ1) is 13.5. The second-order valence-electron chi connectivity index (χ2n) is 5.88. The van der Waals surface area contributed by atoms with E-state index in [0.717, 1.165) is 11.4 Å². The van der Waals surface area contributed by atoms with Crippen LogP contribution in [0.25, 0.3) is 0 Å². The highest BCUT2D eigenvalue weighted by Crippen LogP contribution is 2.31. The van der Waals surface area contributed by atoms with E-state index in [1.54, 1.807) is 45.4 Å². The molecule has 0 aliphatic rings. The van der Waals surface area contributed by atoms with Gasteiger partial charge in [0.05, 0.1) is 25.5 Å². The van der Waals surface area contributed by atoms with Crippen molar-refractivity contribution in [1.82, 2.24) is 9.97 Å². The van der Waals surface area contributed by atoms with Gasteiger partial charge in [-0.05, 0) is 43.3 Å². The summed E-state index contributed by atoms with van der Waals surface area (Å²) >= 11 is 0. The molecule has 0 unspecified atom stereocenters. The van der Waals surface area contributed by atoms with E-state index < -0.39 is 5.97 Å². The number of carbonyl (C=O) groups is 1. The molecule has 144 valence electrons. The van der Waals surface area contributed by atoms with E-state index in [1.165, 1.54) is 12.1 Å². The molecular weight excluding hydrogens is 360 g/mol. The minimum Gasteiger partial charge on any atom is -0.497 e. The van der Waals surface area contributed by atoms with Crippen molar-refractivity contribution >= 4 is 29.0 Å². The zero-order valence-corrected chi connectivity index (χ0v) is 15.7. The van der Waals surface area contributed by atoms with Crippen LogP contribution >= 0.6 is 0 Å². The Morgan fingerprint density at radius 3 is 2.21 bits per heavy atom. The van der Waals surface area contributed by atoms with Crippen LogP contribution in [0, 0.1) is 6.92 Å². The number of nitrogens with one attached hydrogen (secondary N) is 2. The Hall–Kier alpha value is -3.81. The molecule has 3 aromatic rings. The van der Waals surface area contributed by atoms with Crippen molar-refractivity contribution in [2.75, 3.05) is 24.9 Å². The minimum absolute atomic E-state index is 0.221. The van der Waals surface area contributed by atoms with Crippen molar-refractivity contribution in [3.63, 3.8) is 0 Å². The third-order valence-electron chi connectivity index (χ3n) is 3.91. The first-order valence-electron chi connectivity index (χ1n) is 8.43. The van der Waals surface area contributed by atoms with Gasteiger partial charge < -0.3 is 25.2 Å². The van der Waals surface area contributed by atoms with Crippen molar-refractivity contribution < 1.29 is 19.4 Å². The van der Waals surface area contributed by atoms with Crippen LogP contribution in [-0.4, -0.2) is 35.3 Å². The maximum atomic E-state index is 11.0. The fourth-order valence-electron chi connectivity index (χ4n) is 2.58. The van der Waals surface area contributed by atoms with Gasteiger partial charge in [-0.15, -0.1) is 0 Å². The fraction of sp³-hybridized carbons (Fsp3) is 0.150. The van der Waals surface area contributed by atoms with Crippen LogP contribution in [0.1, 0.15) is 16.2 Å². The molecule has 0 radical (unpaired) electrons. The number of carboxylic acids is 1. The van der Waals surface area contributed by atoms with Gasteiger partial charge in [-0.3, -0.25) is 0 Å². The van der Waals surface area contributed by atoms with Crippen molar-refractivity contribution in [1.29, 1.82) is 0 Å². The Labute approximate surface area is 162 Å². The van der Waals surface area contributed by atoms with Crippen LogP contribution < -0.4 is 20.1 Å². The number of aryl methyl sites for hydroxylation is 1. The summed E-state index contributed by atoms with van der Waals surface area (Å²) in [7, 11) is 3.18. The first kappa shape index (κ1) is 19.0. The van der Waals surface area contributed by atoms with Gasteiger partial charge in [-0.1, -0.05) is 0 Å². The summed E-state index contributed by atoms with van der Waals surface area (Å²) in [5, 5.41) is 15.4. The predicted octanol–water partition coefficient (Wildman–Crippen LogP) is 3.99. The predicted molar refractivity (Wildman–Crippen MR) is 106 cm³/mol. The number of ether oxygens (including phenoxy) is 2. The van der Waals surface area contributed by atoms with Crippen LogP contribution in [0.4, 0.5) is 23.0 Å². The lowest BCUT2D eigenvalue weighted by molar-refractivity contribution is 0.0697. The maximum absolute atomic E-state index is 11.0. The van der Waals surface area contributed by atoms with E-state index in [0.29, 0.717) is 29.0 Å². The molecule has 3 N–H and O–H groups in total. The van der Waals surface area contributed by atoms with E-state index in [9.17, 15) is 4.79 Å². The van der Waals surface area contributed by atoms with Gasteiger partial charge in [0.1, 0.15) is 29.0 Å². The third kappa shape index (κ3) is 4.47. The molecule has 2 aromatic carbocycles. The van der Waals surface area contributed by atoms with Crippen molar-refractivity contribution in [2.24, 2.45) is 0 Å². The number of hydrogen-bond donors (Lipinski definition) is 3. The lowest BCUT2D eigenvalue weighted by Crippen LogP contribution is -2.03. The zero-order chi connectivity index (χ0) is 20.1. The monoisotopic (exact) mass is 380 g/mol. The molecule has 1 aromatic heterocycles. The molecule has 0 spiro atoms. The van der Waals surface area contributed by atoms with Crippen LogP contribution in [0.3, 0.4) is 0 Å². The standard InChI is InChI=1S/C20H20N4O4/c1-12-21-18(23-14-6-4-13(5-7-14)20(25)26)11-19(22-12)24-16-9-8-15(27-2)10-17(16)28-3/h4-11H,1-3H3,(H,25,26)(H2,21,22,23,24). The molecule has 0 amide bonds. The average molecular weight is 380 g/mol. The van der Waals surface area contributed by atoms with E-state index in [4.69, 9.17) is 14.6 Å². The van der Waals surface area contributed by atoms with Crippen LogP contribution in [0.2, 0.25) is 0 Å². The first-order valence-corrected chi connectivity index (χ1v) is 8.43. The lowest BCUT2D eigenvalue weighted by atomic mass is 10.2. The number of anilines is 4. The van der Waals surface area contributed by atoms with Gasteiger partial charge >= 0.3 is 5.97 Å². The van der Waals surface area contributed by atoms with Crippen LogP contribution in [-0.2, 0) is 0 Å². The number of aromatic carboxylic acids is 1. The molecule has 1 heterocycles. The molecule has 8 nitrogen and oxygen atoms in total. The van der Waals surface area contributed by atoms with E-state index in [-0.39, 0.29) is 5.56 Å².